The van der Waals surface area contributed by atoms with Crippen LogP contribution in [-0.2, 0) is 4.79 Å². The van der Waals surface area contributed by atoms with Crippen LogP contribution < -0.4 is 5.32 Å². The third-order valence-electron chi connectivity index (χ3n) is 5.37. The summed E-state index contributed by atoms with van der Waals surface area (Å²) in [7, 11) is 0. The van der Waals surface area contributed by atoms with Crippen LogP contribution in [0.15, 0.2) is 0 Å². The van der Waals surface area contributed by atoms with Crippen LogP contribution in [0.3, 0.4) is 0 Å². The zero-order valence-corrected chi connectivity index (χ0v) is 18.2. The van der Waals surface area contributed by atoms with Gasteiger partial charge in [-0.15, -0.1) is 0 Å². The summed E-state index contributed by atoms with van der Waals surface area (Å²) in [4.78, 5) is 12.0. The SMILES string of the molecule is CCCCCCCCCCCCC(=O)NC(CO)C(O)CCCCCCC. The molecule has 0 radical (unpaired) electrons. The van der Waals surface area contributed by atoms with E-state index in [1.165, 1.54) is 70.6 Å². The van der Waals surface area contributed by atoms with Crippen molar-refractivity contribution in [3.05, 3.63) is 0 Å². The van der Waals surface area contributed by atoms with E-state index in [1.54, 1.807) is 0 Å². The molecule has 1 amide bonds. The average molecular weight is 386 g/mol. The zero-order valence-electron chi connectivity index (χ0n) is 18.2. The van der Waals surface area contributed by atoms with Crippen molar-refractivity contribution in [2.75, 3.05) is 6.61 Å². The lowest BCUT2D eigenvalue weighted by atomic mass is 10.0. The molecule has 2 atom stereocenters. The number of nitrogens with one attached hydrogen (secondary N) is 1. The number of amides is 1. The second-order valence-corrected chi connectivity index (χ2v) is 8.06. The van der Waals surface area contributed by atoms with Gasteiger partial charge in [0.05, 0.1) is 18.8 Å². The van der Waals surface area contributed by atoms with Gasteiger partial charge in [-0.05, 0) is 12.8 Å². The molecule has 0 aromatic carbocycles. The van der Waals surface area contributed by atoms with E-state index in [0.29, 0.717) is 12.8 Å². The van der Waals surface area contributed by atoms with Crippen LogP contribution in [0.5, 0.6) is 0 Å². The van der Waals surface area contributed by atoms with Crippen LogP contribution in [-0.4, -0.2) is 34.9 Å². The van der Waals surface area contributed by atoms with Crippen molar-refractivity contribution in [2.45, 2.75) is 135 Å². The lowest BCUT2D eigenvalue weighted by Crippen LogP contribution is -2.45. The molecule has 3 N–H and O–H groups in total. The van der Waals surface area contributed by atoms with E-state index >= 15 is 0 Å². The Morgan fingerprint density at radius 1 is 0.741 bits per heavy atom. The van der Waals surface area contributed by atoms with Crippen LogP contribution >= 0.6 is 0 Å². The molecule has 0 aliphatic rings. The molecule has 27 heavy (non-hydrogen) atoms. The molecule has 0 aliphatic heterocycles. The first kappa shape index (κ1) is 26.4. The van der Waals surface area contributed by atoms with E-state index < -0.39 is 12.1 Å². The van der Waals surface area contributed by atoms with E-state index in [4.69, 9.17) is 0 Å². The van der Waals surface area contributed by atoms with E-state index in [-0.39, 0.29) is 12.5 Å². The monoisotopic (exact) mass is 385 g/mol. The summed E-state index contributed by atoms with van der Waals surface area (Å²) in [5.74, 6) is -0.0429. The van der Waals surface area contributed by atoms with Crippen molar-refractivity contribution < 1.29 is 15.0 Å². The van der Waals surface area contributed by atoms with Crippen LogP contribution in [0.4, 0.5) is 0 Å². The van der Waals surface area contributed by atoms with Crippen molar-refractivity contribution in [3.63, 3.8) is 0 Å². The Balaban J connectivity index is 3.64. The normalized spacial score (nSPS) is 13.5. The molecule has 0 heterocycles. The van der Waals surface area contributed by atoms with Crippen LogP contribution in [0.1, 0.15) is 123 Å². The maximum atomic E-state index is 12.0. The van der Waals surface area contributed by atoms with Gasteiger partial charge in [-0.3, -0.25) is 4.79 Å². The second-order valence-electron chi connectivity index (χ2n) is 8.06. The smallest absolute Gasteiger partial charge is 0.220 e. The molecule has 0 saturated heterocycles. The summed E-state index contributed by atoms with van der Waals surface area (Å²) in [6.07, 6.45) is 18.7. The fourth-order valence-electron chi connectivity index (χ4n) is 3.47. The van der Waals surface area contributed by atoms with E-state index in [1.807, 2.05) is 0 Å². The number of carbonyl (C=O) groups is 1. The minimum Gasteiger partial charge on any atom is -0.394 e. The molecule has 0 aromatic heterocycles. The maximum absolute atomic E-state index is 12.0. The van der Waals surface area contributed by atoms with Gasteiger partial charge in [-0.25, -0.2) is 0 Å². The molecular weight excluding hydrogens is 338 g/mol. The van der Waals surface area contributed by atoms with E-state index in [9.17, 15) is 15.0 Å². The lowest BCUT2D eigenvalue weighted by Gasteiger charge is -2.22. The number of unbranched alkanes of at least 4 members (excludes halogenated alkanes) is 13. The molecule has 0 saturated carbocycles. The second kappa shape index (κ2) is 20.1. The van der Waals surface area contributed by atoms with Gasteiger partial charge in [0.2, 0.25) is 5.91 Å². The Hall–Kier alpha value is -0.610. The van der Waals surface area contributed by atoms with Gasteiger partial charge in [0, 0.05) is 6.42 Å². The molecule has 4 nitrogen and oxygen atoms in total. The predicted octanol–water partition coefficient (Wildman–Crippen LogP) is 5.50. The molecular formula is C23H47NO3. The van der Waals surface area contributed by atoms with Gasteiger partial charge in [-0.1, -0.05) is 104 Å². The Labute approximate surface area is 168 Å². The fraction of sp³-hybridized carbons (Fsp3) is 0.957. The molecule has 0 fully saturated rings. The Bertz CT molecular complexity index is 323. The summed E-state index contributed by atoms with van der Waals surface area (Å²) in [6, 6.07) is -0.521. The summed E-state index contributed by atoms with van der Waals surface area (Å²) in [5.41, 5.74) is 0. The van der Waals surface area contributed by atoms with Crippen LogP contribution in [0.2, 0.25) is 0 Å². The lowest BCUT2D eigenvalue weighted by molar-refractivity contribution is -0.123. The molecule has 0 aliphatic carbocycles. The van der Waals surface area contributed by atoms with Crippen molar-refractivity contribution in [1.82, 2.24) is 5.32 Å². The van der Waals surface area contributed by atoms with Gasteiger partial charge in [-0.2, -0.15) is 0 Å². The predicted molar refractivity (Wildman–Crippen MR) is 115 cm³/mol. The molecule has 4 heteroatoms. The average Bonchev–Trinajstić information content (AvgIpc) is 2.67. The first-order valence-electron chi connectivity index (χ1n) is 11.7. The third-order valence-corrected chi connectivity index (χ3v) is 5.37. The van der Waals surface area contributed by atoms with Crippen molar-refractivity contribution in [3.8, 4) is 0 Å². The minimum absolute atomic E-state index is 0.0429. The first-order chi connectivity index (χ1) is 13.2. The summed E-state index contributed by atoms with van der Waals surface area (Å²) < 4.78 is 0. The number of hydrogen-bond acceptors (Lipinski definition) is 3. The summed E-state index contributed by atoms with van der Waals surface area (Å²) in [6.45, 7) is 4.23. The van der Waals surface area contributed by atoms with E-state index in [2.05, 4.69) is 19.2 Å². The number of aliphatic hydroxyl groups excluding tert-OH is 2. The third kappa shape index (κ3) is 17.2. The van der Waals surface area contributed by atoms with Crippen LogP contribution in [0, 0.1) is 0 Å². The van der Waals surface area contributed by atoms with Gasteiger partial charge < -0.3 is 15.5 Å². The Morgan fingerprint density at radius 2 is 1.19 bits per heavy atom. The quantitative estimate of drug-likeness (QED) is 0.242. The van der Waals surface area contributed by atoms with Gasteiger partial charge in [0.1, 0.15) is 0 Å². The van der Waals surface area contributed by atoms with Crippen molar-refractivity contribution in [2.24, 2.45) is 0 Å². The van der Waals surface area contributed by atoms with Crippen molar-refractivity contribution >= 4 is 5.91 Å². The number of carbonyl (C=O) groups excluding carboxylic acids is 1. The highest BCUT2D eigenvalue weighted by Gasteiger charge is 2.19. The summed E-state index contributed by atoms with van der Waals surface area (Å²) in [5, 5.41) is 22.5. The zero-order chi connectivity index (χ0) is 20.2. The van der Waals surface area contributed by atoms with Gasteiger partial charge in [0.25, 0.3) is 0 Å². The molecule has 0 aromatic rings. The number of aliphatic hydroxyl groups is 2. The highest BCUT2D eigenvalue weighted by atomic mass is 16.3. The van der Waals surface area contributed by atoms with Crippen LogP contribution in [0.25, 0.3) is 0 Å². The Kier molecular flexibility index (Phi) is 19.7. The Morgan fingerprint density at radius 3 is 1.67 bits per heavy atom. The number of rotatable bonds is 20. The topological polar surface area (TPSA) is 69.6 Å². The molecule has 162 valence electrons. The van der Waals surface area contributed by atoms with Crippen molar-refractivity contribution in [1.29, 1.82) is 0 Å². The van der Waals surface area contributed by atoms with Gasteiger partial charge in [0.15, 0.2) is 0 Å². The largest absolute Gasteiger partial charge is 0.394 e. The molecule has 0 rings (SSSR count). The minimum atomic E-state index is -0.645. The fourth-order valence-corrected chi connectivity index (χ4v) is 3.47. The summed E-state index contributed by atoms with van der Waals surface area (Å²) >= 11 is 0. The highest BCUT2D eigenvalue weighted by Crippen LogP contribution is 2.12. The highest BCUT2D eigenvalue weighted by molar-refractivity contribution is 5.76. The maximum Gasteiger partial charge on any atom is 0.220 e. The number of hydrogen-bond donors (Lipinski definition) is 3. The first-order valence-corrected chi connectivity index (χ1v) is 11.7. The standard InChI is InChI=1S/C23H47NO3/c1-3-5-7-9-10-11-12-13-15-17-19-23(27)24-21(20-25)22(26)18-16-14-8-6-4-2/h21-22,25-26H,3-20H2,1-2H3,(H,24,27). The van der Waals surface area contributed by atoms with Gasteiger partial charge >= 0.3 is 0 Å². The molecule has 0 spiro atoms. The van der Waals surface area contributed by atoms with E-state index in [0.717, 1.165) is 25.7 Å². The molecule has 0 bridgehead atoms. The molecule has 2 unspecified atom stereocenters.